The summed E-state index contributed by atoms with van der Waals surface area (Å²) in [6.45, 7) is 4.48. The first-order chi connectivity index (χ1) is 6.79. The predicted octanol–water partition coefficient (Wildman–Crippen LogP) is 0.394. The molecule has 1 amide bonds. The first-order valence-corrected chi connectivity index (χ1v) is 5.31. The van der Waals surface area contributed by atoms with E-state index in [0.29, 0.717) is 5.69 Å². The smallest absolute Gasteiger partial charge is 0.275 e. The number of aromatic nitrogens is 2. The summed E-state index contributed by atoms with van der Waals surface area (Å²) in [5.74, 6) is -0.00671. The summed E-state index contributed by atoms with van der Waals surface area (Å²) in [6.07, 6.45) is 1.53. The summed E-state index contributed by atoms with van der Waals surface area (Å²) in [4.78, 5) is 13.7. The molecule has 1 aliphatic rings. The van der Waals surface area contributed by atoms with E-state index in [2.05, 4.69) is 14.1 Å². The Labute approximate surface area is 98.6 Å². The molecule has 1 fully saturated rings. The van der Waals surface area contributed by atoms with Crippen LogP contribution in [-0.4, -0.2) is 45.2 Å². The average Bonchev–Trinajstić information content (AvgIpc) is 2.70. The zero-order chi connectivity index (χ0) is 9.97. The van der Waals surface area contributed by atoms with Crippen molar-refractivity contribution in [1.82, 2.24) is 19.0 Å². The van der Waals surface area contributed by atoms with Crippen molar-refractivity contribution in [3.8, 4) is 0 Å². The van der Waals surface area contributed by atoms with E-state index < -0.39 is 0 Å². The fourth-order valence-electron chi connectivity index (χ4n) is 1.55. The lowest BCUT2D eigenvalue weighted by atomic mass is 10.2. The van der Waals surface area contributed by atoms with Gasteiger partial charge in [-0.15, -0.1) is 12.4 Å². The third-order valence-electron chi connectivity index (χ3n) is 2.34. The highest BCUT2D eigenvalue weighted by Crippen LogP contribution is 2.08. The van der Waals surface area contributed by atoms with Crippen LogP contribution in [0.25, 0.3) is 0 Å². The van der Waals surface area contributed by atoms with Gasteiger partial charge in [0.2, 0.25) is 0 Å². The first-order valence-electron chi connectivity index (χ1n) is 4.58. The van der Waals surface area contributed by atoms with E-state index in [-0.39, 0.29) is 24.4 Å². The molecule has 7 heteroatoms. The Morgan fingerprint density at radius 1 is 1.73 bits per heavy atom. The van der Waals surface area contributed by atoms with E-state index in [9.17, 15) is 4.79 Å². The summed E-state index contributed by atoms with van der Waals surface area (Å²) < 4.78 is 7.78. The second-order valence-electron chi connectivity index (χ2n) is 3.34. The summed E-state index contributed by atoms with van der Waals surface area (Å²) in [5, 5.41) is 3.24. The molecule has 84 valence electrons. The number of carbonyl (C=O) groups is 1. The molecule has 0 spiro atoms. The molecule has 1 aromatic rings. The van der Waals surface area contributed by atoms with Crippen molar-refractivity contribution in [2.75, 3.05) is 19.6 Å². The van der Waals surface area contributed by atoms with E-state index in [0.717, 1.165) is 31.4 Å². The van der Waals surface area contributed by atoms with E-state index in [1.807, 2.05) is 11.8 Å². The Balaban J connectivity index is 0.00000112. The van der Waals surface area contributed by atoms with Crippen LogP contribution in [0, 0.1) is 0 Å². The summed E-state index contributed by atoms with van der Waals surface area (Å²) >= 11 is 1.07. The Kier molecular flexibility index (Phi) is 4.44. The van der Waals surface area contributed by atoms with Crippen LogP contribution in [0.5, 0.6) is 0 Å². The van der Waals surface area contributed by atoms with E-state index in [1.165, 1.54) is 6.20 Å². The van der Waals surface area contributed by atoms with Crippen molar-refractivity contribution in [2.45, 2.75) is 13.0 Å². The number of nitrogens with one attached hydrogen (secondary N) is 1. The van der Waals surface area contributed by atoms with Gasteiger partial charge in [-0.25, -0.2) is 0 Å². The fraction of sp³-hybridized carbons (Fsp3) is 0.625. The Hall–Kier alpha value is -0.720. The lowest BCUT2D eigenvalue weighted by molar-refractivity contribution is 0.0651. The van der Waals surface area contributed by atoms with Gasteiger partial charge in [-0.1, -0.05) is 0 Å². The van der Waals surface area contributed by atoms with Gasteiger partial charge in [-0.3, -0.25) is 4.79 Å². The number of amides is 1. The maximum absolute atomic E-state index is 11.9. The largest absolute Gasteiger partial charge is 0.332 e. The molecule has 1 atom stereocenters. The zero-order valence-electron chi connectivity index (χ0n) is 8.34. The quantitative estimate of drug-likeness (QED) is 0.782. The molecule has 0 unspecified atom stereocenters. The third kappa shape index (κ3) is 2.64. The predicted molar refractivity (Wildman–Crippen MR) is 60.5 cm³/mol. The molecular weight excluding hydrogens is 236 g/mol. The van der Waals surface area contributed by atoms with Gasteiger partial charge in [0, 0.05) is 25.7 Å². The van der Waals surface area contributed by atoms with Crippen molar-refractivity contribution >= 4 is 30.0 Å². The normalized spacial score (nSPS) is 20.9. The molecular formula is C8H13ClN4OS. The van der Waals surface area contributed by atoms with E-state index in [1.54, 1.807) is 0 Å². The van der Waals surface area contributed by atoms with E-state index >= 15 is 0 Å². The minimum absolute atomic E-state index is 0. The van der Waals surface area contributed by atoms with Gasteiger partial charge in [-0.05, 0) is 6.92 Å². The number of hydrogen-bond donors (Lipinski definition) is 1. The SMILES string of the molecule is C[C@H]1CNCCN1C(=O)c1cnsn1.Cl. The summed E-state index contributed by atoms with van der Waals surface area (Å²) in [7, 11) is 0. The number of halogens is 1. The average molecular weight is 249 g/mol. The van der Waals surface area contributed by atoms with Crippen molar-refractivity contribution in [3.63, 3.8) is 0 Å². The van der Waals surface area contributed by atoms with Crippen molar-refractivity contribution in [2.24, 2.45) is 0 Å². The fourth-order valence-corrected chi connectivity index (χ4v) is 1.96. The van der Waals surface area contributed by atoms with Crippen LogP contribution in [0.1, 0.15) is 17.4 Å². The highest BCUT2D eigenvalue weighted by Gasteiger charge is 2.25. The maximum Gasteiger partial charge on any atom is 0.275 e. The monoisotopic (exact) mass is 248 g/mol. The molecule has 1 N–H and O–H groups in total. The molecule has 0 radical (unpaired) electrons. The van der Waals surface area contributed by atoms with Crippen LogP contribution in [0.4, 0.5) is 0 Å². The third-order valence-corrected chi connectivity index (χ3v) is 2.82. The number of piperazine rings is 1. The molecule has 0 aliphatic carbocycles. The summed E-state index contributed by atoms with van der Waals surface area (Å²) in [6, 6.07) is 0.234. The molecule has 1 saturated heterocycles. The van der Waals surface area contributed by atoms with Crippen LogP contribution in [0.15, 0.2) is 6.20 Å². The van der Waals surface area contributed by atoms with Gasteiger partial charge in [0.1, 0.15) is 0 Å². The minimum Gasteiger partial charge on any atom is -0.332 e. The molecule has 2 heterocycles. The second-order valence-corrected chi connectivity index (χ2v) is 3.90. The maximum atomic E-state index is 11.9. The molecule has 0 bridgehead atoms. The van der Waals surface area contributed by atoms with Crippen LogP contribution in [-0.2, 0) is 0 Å². The van der Waals surface area contributed by atoms with Gasteiger partial charge in [-0.2, -0.15) is 8.75 Å². The Morgan fingerprint density at radius 2 is 2.53 bits per heavy atom. The van der Waals surface area contributed by atoms with Gasteiger partial charge in [0.15, 0.2) is 5.69 Å². The molecule has 5 nitrogen and oxygen atoms in total. The van der Waals surface area contributed by atoms with Gasteiger partial charge >= 0.3 is 0 Å². The highest BCUT2D eigenvalue weighted by molar-refractivity contribution is 6.99. The van der Waals surface area contributed by atoms with Gasteiger partial charge in [0.05, 0.1) is 17.9 Å². The van der Waals surface area contributed by atoms with Crippen LogP contribution in [0.3, 0.4) is 0 Å². The molecule has 2 rings (SSSR count). The first kappa shape index (κ1) is 12.4. The molecule has 1 aliphatic heterocycles. The van der Waals surface area contributed by atoms with Crippen molar-refractivity contribution in [1.29, 1.82) is 0 Å². The minimum atomic E-state index is -0.00671. The standard InChI is InChI=1S/C8H12N4OS.ClH/c1-6-4-9-2-3-12(6)8(13)7-5-10-14-11-7;/h5-6,9H,2-4H2,1H3;1H/t6-;/m0./s1. The van der Waals surface area contributed by atoms with Gasteiger partial charge < -0.3 is 10.2 Å². The molecule has 1 aromatic heterocycles. The Bertz CT molecular complexity index is 318. The number of nitrogens with zero attached hydrogens (tertiary/aromatic N) is 3. The molecule has 0 saturated carbocycles. The van der Waals surface area contributed by atoms with Gasteiger partial charge in [0.25, 0.3) is 5.91 Å². The van der Waals surface area contributed by atoms with Crippen LogP contribution >= 0.6 is 24.1 Å². The lowest BCUT2D eigenvalue weighted by Crippen LogP contribution is -2.52. The highest BCUT2D eigenvalue weighted by atomic mass is 35.5. The number of rotatable bonds is 1. The zero-order valence-corrected chi connectivity index (χ0v) is 9.98. The van der Waals surface area contributed by atoms with Crippen LogP contribution in [0.2, 0.25) is 0 Å². The van der Waals surface area contributed by atoms with Crippen LogP contribution < -0.4 is 5.32 Å². The topological polar surface area (TPSA) is 58.1 Å². The van der Waals surface area contributed by atoms with E-state index in [4.69, 9.17) is 0 Å². The van der Waals surface area contributed by atoms with Crippen molar-refractivity contribution < 1.29 is 4.79 Å². The number of hydrogen-bond acceptors (Lipinski definition) is 5. The molecule has 15 heavy (non-hydrogen) atoms. The second kappa shape index (κ2) is 5.39. The van der Waals surface area contributed by atoms with Crippen molar-refractivity contribution in [3.05, 3.63) is 11.9 Å². The Morgan fingerprint density at radius 3 is 3.13 bits per heavy atom. The summed E-state index contributed by atoms with van der Waals surface area (Å²) in [5.41, 5.74) is 0.462. The number of carbonyl (C=O) groups excluding carboxylic acids is 1. The lowest BCUT2D eigenvalue weighted by Gasteiger charge is -2.33. The molecule has 0 aromatic carbocycles.